The van der Waals surface area contributed by atoms with Gasteiger partial charge in [-0.2, -0.15) is 0 Å². The van der Waals surface area contributed by atoms with Gasteiger partial charge in [0.1, 0.15) is 25.1 Å². The van der Waals surface area contributed by atoms with E-state index in [1.807, 2.05) is 0 Å². The average molecular weight is 252 g/mol. The van der Waals surface area contributed by atoms with E-state index in [-0.39, 0.29) is 37.5 Å². The van der Waals surface area contributed by atoms with Crippen LogP contribution >= 0.6 is 7.37 Å². The van der Waals surface area contributed by atoms with Gasteiger partial charge in [0, 0.05) is 6.42 Å². The molecule has 1 N–H and O–H groups in total. The van der Waals surface area contributed by atoms with Gasteiger partial charge in [0.15, 0.2) is 5.78 Å². The molecule has 0 saturated heterocycles. The van der Waals surface area contributed by atoms with E-state index in [0.29, 0.717) is 0 Å². The zero-order valence-corrected chi connectivity index (χ0v) is 10.4. The van der Waals surface area contributed by atoms with E-state index in [9.17, 15) is 19.0 Å². The van der Waals surface area contributed by atoms with Crippen molar-refractivity contribution in [1.29, 1.82) is 0 Å². The summed E-state index contributed by atoms with van der Waals surface area (Å²) in [6.07, 6.45) is -0.556. The molecule has 0 aliphatic carbocycles. The molecule has 1 unspecified atom stereocenters. The van der Waals surface area contributed by atoms with Crippen LogP contribution < -0.4 is 0 Å². The lowest BCUT2D eigenvalue weighted by atomic mass is 10.3. The van der Waals surface area contributed by atoms with E-state index in [4.69, 9.17) is 9.47 Å². The van der Waals surface area contributed by atoms with Crippen molar-refractivity contribution in [2.75, 3.05) is 25.9 Å². The van der Waals surface area contributed by atoms with E-state index in [1.54, 1.807) is 0 Å². The van der Waals surface area contributed by atoms with Gasteiger partial charge in [-0.25, -0.2) is 0 Å². The van der Waals surface area contributed by atoms with Crippen LogP contribution in [0.15, 0.2) is 0 Å². The normalized spacial score (nSPS) is 14.4. The lowest BCUT2D eigenvalue weighted by Crippen LogP contribution is -2.09. The Labute approximate surface area is 94.4 Å². The monoisotopic (exact) mass is 252 g/mol. The Balaban J connectivity index is 3.66. The number of ether oxygens (including phenoxy) is 2. The third kappa shape index (κ3) is 9.98. The zero-order chi connectivity index (χ0) is 12.6. The fourth-order valence-electron chi connectivity index (χ4n) is 0.792. The van der Waals surface area contributed by atoms with Crippen molar-refractivity contribution >= 4 is 18.9 Å². The van der Waals surface area contributed by atoms with Gasteiger partial charge in [0.25, 0.3) is 0 Å². The maximum absolute atomic E-state index is 11.3. The molecule has 0 amide bonds. The van der Waals surface area contributed by atoms with E-state index in [0.717, 1.165) is 0 Å². The van der Waals surface area contributed by atoms with Crippen LogP contribution in [0.25, 0.3) is 0 Å². The summed E-state index contributed by atoms with van der Waals surface area (Å²) in [5, 5.41) is 0. The van der Waals surface area contributed by atoms with Gasteiger partial charge >= 0.3 is 0 Å². The topological polar surface area (TPSA) is 89.9 Å². The van der Waals surface area contributed by atoms with Crippen molar-refractivity contribution in [2.45, 2.75) is 20.3 Å². The molecule has 7 heteroatoms. The fourth-order valence-corrected chi connectivity index (χ4v) is 1.66. The second-order valence-electron chi connectivity index (χ2n) is 3.52. The van der Waals surface area contributed by atoms with Crippen molar-refractivity contribution in [3.05, 3.63) is 0 Å². The minimum atomic E-state index is -3.52. The van der Waals surface area contributed by atoms with Crippen molar-refractivity contribution in [1.82, 2.24) is 0 Å². The summed E-state index contributed by atoms with van der Waals surface area (Å²) in [5.41, 5.74) is 0. The Bertz CT molecular complexity index is 288. The van der Waals surface area contributed by atoms with Crippen LogP contribution in [0.3, 0.4) is 0 Å². The molecule has 0 spiro atoms. The molecule has 0 saturated carbocycles. The van der Waals surface area contributed by atoms with Gasteiger partial charge in [-0.15, -0.1) is 0 Å². The van der Waals surface area contributed by atoms with E-state index in [2.05, 4.69) is 0 Å². The van der Waals surface area contributed by atoms with Crippen LogP contribution in [0.2, 0.25) is 0 Å². The first-order valence-corrected chi connectivity index (χ1v) is 6.82. The molecule has 0 aromatic rings. The summed E-state index contributed by atoms with van der Waals surface area (Å²) in [7, 11) is -3.52. The quantitative estimate of drug-likeness (QED) is 0.481. The number of ketones is 2. The molecule has 0 aromatic heterocycles. The number of Topliss-reactive ketones (excluding diaryl/α,β-unsaturated/α-hetero) is 2. The number of carbonyl (C=O) groups is 2. The van der Waals surface area contributed by atoms with Gasteiger partial charge in [0.05, 0.1) is 6.61 Å². The maximum Gasteiger partial charge on any atom is 0.250 e. The molecule has 0 aliphatic heterocycles. The summed E-state index contributed by atoms with van der Waals surface area (Å²) in [5.74, 6) is -0.252. The maximum atomic E-state index is 11.3. The lowest BCUT2D eigenvalue weighted by molar-refractivity contribution is -0.121. The first-order valence-electron chi connectivity index (χ1n) is 4.79. The van der Waals surface area contributed by atoms with Gasteiger partial charge < -0.3 is 14.4 Å². The van der Waals surface area contributed by atoms with Crippen molar-refractivity contribution in [3.8, 4) is 0 Å². The predicted octanol–water partition coefficient (Wildman–Crippen LogP) is 0.773. The number of carbonyl (C=O) groups excluding carboxylic acids is 2. The molecule has 0 aromatic carbocycles. The second kappa shape index (κ2) is 7.68. The molecule has 1 atom stereocenters. The first kappa shape index (κ1) is 15.4. The second-order valence-corrected chi connectivity index (χ2v) is 5.72. The lowest BCUT2D eigenvalue weighted by Gasteiger charge is -2.11. The van der Waals surface area contributed by atoms with Crippen LogP contribution in [0, 0.1) is 0 Å². The standard InChI is InChI=1S/C9H17O6P/c1-8(10)3-4-14-6-16(12,13)7-15-5-9(2)11/h3-7H2,1-2H3,(H,12,13). The molecule has 0 rings (SSSR count). The Morgan fingerprint density at radius 3 is 2.19 bits per heavy atom. The minimum Gasteiger partial charge on any atom is -0.371 e. The highest BCUT2D eigenvalue weighted by molar-refractivity contribution is 7.57. The smallest absolute Gasteiger partial charge is 0.250 e. The minimum absolute atomic E-state index is 0.0411. The molecule has 0 radical (unpaired) electrons. The van der Waals surface area contributed by atoms with Crippen molar-refractivity contribution in [3.63, 3.8) is 0 Å². The summed E-state index contributed by atoms with van der Waals surface area (Å²) in [6, 6.07) is 0. The fraction of sp³-hybridized carbons (Fsp3) is 0.778. The Hall–Kier alpha value is -0.550. The average Bonchev–Trinajstić information content (AvgIpc) is 2.11. The largest absolute Gasteiger partial charge is 0.371 e. The molecule has 16 heavy (non-hydrogen) atoms. The molecular weight excluding hydrogens is 235 g/mol. The van der Waals surface area contributed by atoms with Crippen LogP contribution in [-0.2, 0) is 23.6 Å². The van der Waals surface area contributed by atoms with Gasteiger partial charge in [-0.05, 0) is 13.8 Å². The Kier molecular flexibility index (Phi) is 7.42. The third-order valence-electron chi connectivity index (χ3n) is 1.49. The van der Waals surface area contributed by atoms with Crippen molar-refractivity contribution in [2.24, 2.45) is 0 Å². The highest BCUT2D eigenvalue weighted by Crippen LogP contribution is 2.40. The molecule has 0 heterocycles. The van der Waals surface area contributed by atoms with Gasteiger partial charge in [-0.3, -0.25) is 14.2 Å². The van der Waals surface area contributed by atoms with E-state index < -0.39 is 13.7 Å². The summed E-state index contributed by atoms with van der Waals surface area (Å²) < 4.78 is 20.9. The number of rotatable bonds is 9. The summed E-state index contributed by atoms with van der Waals surface area (Å²) in [6.45, 7) is 2.67. The number of hydrogen-bond donors (Lipinski definition) is 1. The molecular formula is C9H17O6P. The predicted molar refractivity (Wildman–Crippen MR) is 57.4 cm³/mol. The molecule has 94 valence electrons. The van der Waals surface area contributed by atoms with Gasteiger partial charge in [0.2, 0.25) is 7.37 Å². The van der Waals surface area contributed by atoms with E-state index in [1.165, 1.54) is 13.8 Å². The summed E-state index contributed by atoms with van der Waals surface area (Å²) in [4.78, 5) is 30.3. The highest BCUT2D eigenvalue weighted by atomic mass is 31.2. The Morgan fingerprint density at radius 1 is 1.12 bits per heavy atom. The summed E-state index contributed by atoms with van der Waals surface area (Å²) >= 11 is 0. The van der Waals surface area contributed by atoms with E-state index >= 15 is 0 Å². The SMILES string of the molecule is CC(=O)CCOCP(=O)(O)COCC(C)=O. The first-order chi connectivity index (χ1) is 7.33. The molecule has 0 aliphatic rings. The number of hydrogen-bond acceptors (Lipinski definition) is 5. The van der Waals surface area contributed by atoms with Crippen LogP contribution in [0.4, 0.5) is 0 Å². The van der Waals surface area contributed by atoms with Crippen LogP contribution in [-0.4, -0.2) is 42.4 Å². The molecule has 6 nitrogen and oxygen atoms in total. The zero-order valence-electron chi connectivity index (χ0n) is 9.47. The molecule has 0 fully saturated rings. The third-order valence-corrected chi connectivity index (χ3v) is 2.66. The Morgan fingerprint density at radius 2 is 1.69 bits per heavy atom. The van der Waals surface area contributed by atoms with Crippen LogP contribution in [0.1, 0.15) is 20.3 Å². The van der Waals surface area contributed by atoms with Crippen LogP contribution in [0.5, 0.6) is 0 Å². The van der Waals surface area contributed by atoms with Crippen molar-refractivity contribution < 1.29 is 28.5 Å². The van der Waals surface area contributed by atoms with Gasteiger partial charge in [-0.1, -0.05) is 0 Å². The molecule has 0 bridgehead atoms. The highest BCUT2D eigenvalue weighted by Gasteiger charge is 2.19.